The van der Waals surface area contributed by atoms with Gasteiger partial charge in [0.1, 0.15) is 0 Å². The number of carbonyl (C=O) groups excluding carboxylic acids is 2. The van der Waals surface area contributed by atoms with Gasteiger partial charge in [0.2, 0.25) is 0 Å². The highest BCUT2D eigenvalue weighted by Crippen LogP contribution is 2.40. The first-order valence-corrected chi connectivity index (χ1v) is 15.2. The molecule has 0 aromatic heterocycles. The van der Waals surface area contributed by atoms with E-state index in [1.807, 2.05) is 52.0 Å². The highest BCUT2D eigenvalue weighted by molar-refractivity contribution is 8.76. The van der Waals surface area contributed by atoms with Crippen molar-refractivity contribution in [1.29, 1.82) is 0 Å². The van der Waals surface area contributed by atoms with Crippen molar-refractivity contribution in [3.05, 3.63) is 84.0 Å². The molecule has 40 heavy (non-hydrogen) atoms. The third-order valence-electron chi connectivity index (χ3n) is 6.49. The van der Waals surface area contributed by atoms with Gasteiger partial charge in [0.05, 0.1) is 23.2 Å². The van der Waals surface area contributed by atoms with Crippen LogP contribution in [0.3, 0.4) is 0 Å². The number of carboxylic acids is 2. The maximum absolute atomic E-state index is 13.2. The Bertz CT molecular complexity index is 1150. The Kier molecular flexibility index (Phi) is 13.5. The van der Waals surface area contributed by atoms with Crippen molar-refractivity contribution >= 4 is 45.3 Å². The summed E-state index contributed by atoms with van der Waals surface area (Å²) in [5.74, 6) is -2.74. The molecule has 0 saturated heterocycles. The average molecular weight is 585 g/mol. The maximum atomic E-state index is 13.2. The predicted molar refractivity (Wildman–Crippen MR) is 160 cm³/mol. The molecular weight excluding hydrogens is 548 g/mol. The van der Waals surface area contributed by atoms with E-state index < -0.39 is 24.0 Å². The van der Waals surface area contributed by atoms with Crippen LogP contribution >= 0.6 is 21.6 Å². The van der Waals surface area contributed by atoms with Gasteiger partial charge >= 0.3 is 11.9 Å². The molecule has 8 nitrogen and oxygen atoms in total. The fourth-order valence-corrected chi connectivity index (χ4v) is 6.00. The van der Waals surface area contributed by atoms with Crippen molar-refractivity contribution in [2.24, 2.45) is 11.8 Å². The molecule has 0 aliphatic heterocycles. The molecule has 2 aromatic carbocycles. The summed E-state index contributed by atoms with van der Waals surface area (Å²) in [5.41, 5.74) is 0.879. The van der Waals surface area contributed by atoms with Crippen LogP contribution in [-0.4, -0.2) is 46.0 Å². The van der Waals surface area contributed by atoms with Crippen LogP contribution in [0.2, 0.25) is 0 Å². The van der Waals surface area contributed by atoms with Crippen molar-refractivity contribution in [1.82, 2.24) is 10.6 Å². The second kappa shape index (κ2) is 16.6. The highest BCUT2D eigenvalue weighted by atomic mass is 33.1. The largest absolute Gasteiger partial charge is 0.478 e. The van der Waals surface area contributed by atoms with Crippen molar-refractivity contribution in [3.8, 4) is 0 Å². The van der Waals surface area contributed by atoms with E-state index in [0.29, 0.717) is 20.9 Å². The zero-order valence-electron chi connectivity index (χ0n) is 23.0. The van der Waals surface area contributed by atoms with Crippen LogP contribution in [0, 0.1) is 11.8 Å². The predicted octanol–water partition coefficient (Wildman–Crippen LogP) is 6.06. The number of carbonyl (C=O) groups is 4. The van der Waals surface area contributed by atoms with E-state index in [1.165, 1.54) is 33.7 Å². The number of nitrogens with one attached hydrogen (secondary N) is 2. The molecule has 0 heterocycles. The fraction of sp³-hybridized carbons (Fsp3) is 0.333. The molecule has 214 valence electrons. The second-order valence-electron chi connectivity index (χ2n) is 9.32. The minimum Gasteiger partial charge on any atom is -0.478 e. The Balaban J connectivity index is 2.23. The number of aliphatic carboxylic acids is 2. The van der Waals surface area contributed by atoms with Crippen LogP contribution in [0.4, 0.5) is 0 Å². The molecule has 4 atom stereocenters. The van der Waals surface area contributed by atoms with E-state index in [9.17, 15) is 19.2 Å². The van der Waals surface area contributed by atoms with Crippen LogP contribution in [0.15, 0.2) is 82.6 Å². The van der Waals surface area contributed by atoms with E-state index in [2.05, 4.69) is 10.6 Å². The van der Waals surface area contributed by atoms with Crippen LogP contribution in [-0.2, 0) is 9.59 Å². The Morgan fingerprint density at radius 2 is 1.05 bits per heavy atom. The quantitative estimate of drug-likeness (QED) is 0.147. The smallest absolute Gasteiger partial charge is 0.328 e. The summed E-state index contributed by atoms with van der Waals surface area (Å²) in [5, 5.41) is 23.9. The molecule has 0 saturated carbocycles. The standard InChI is InChI=1S/C30H36N2O6S2/c1-5-19(3)23(15-17-27(33)34)31-29(37)21-11-7-9-13-25(21)39-40-26-14-10-8-12-22(26)30(38)32-24(20(4)6-2)16-18-28(35)36/h7-20,23-24H,5-6H2,1-4H3,(H,31,37)(H,32,38)(H,33,34)(H,35,36)/b17-15+,18-16+/t19-,20-,23+,24+/m0/s1. The summed E-state index contributed by atoms with van der Waals surface area (Å²) in [6.07, 6.45) is 6.57. The van der Waals surface area contributed by atoms with Crippen molar-refractivity contribution in [2.75, 3.05) is 0 Å². The van der Waals surface area contributed by atoms with Gasteiger partial charge in [-0.15, -0.1) is 0 Å². The lowest BCUT2D eigenvalue weighted by Gasteiger charge is -2.22. The molecular formula is C30H36N2O6S2. The molecule has 4 N–H and O–H groups in total. The first kappa shape index (κ1) is 32.7. The first-order chi connectivity index (χ1) is 19.1. The number of hydrogen-bond acceptors (Lipinski definition) is 6. The van der Waals surface area contributed by atoms with Gasteiger partial charge in [-0.25, -0.2) is 9.59 Å². The third kappa shape index (κ3) is 10.2. The van der Waals surface area contributed by atoms with Gasteiger partial charge < -0.3 is 20.8 Å². The lowest BCUT2D eigenvalue weighted by atomic mass is 9.98. The number of carboxylic acid groups (broad SMARTS) is 2. The molecule has 2 aromatic rings. The lowest BCUT2D eigenvalue weighted by molar-refractivity contribution is -0.132. The number of benzene rings is 2. The average Bonchev–Trinajstić information content (AvgIpc) is 2.95. The number of rotatable bonds is 15. The summed E-state index contributed by atoms with van der Waals surface area (Å²) >= 11 is 0. The van der Waals surface area contributed by atoms with E-state index in [1.54, 1.807) is 24.3 Å². The second-order valence-corrected chi connectivity index (χ2v) is 11.5. The van der Waals surface area contributed by atoms with Crippen LogP contribution in [0.25, 0.3) is 0 Å². The lowest BCUT2D eigenvalue weighted by Crippen LogP contribution is -2.38. The van der Waals surface area contributed by atoms with Gasteiger partial charge in [-0.3, -0.25) is 9.59 Å². The summed E-state index contributed by atoms with van der Waals surface area (Å²) in [4.78, 5) is 49.9. The molecule has 0 unspecified atom stereocenters. The molecule has 0 aliphatic carbocycles. The van der Waals surface area contributed by atoms with Gasteiger partial charge in [0, 0.05) is 21.9 Å². The highest BCUT2D eigenvalue weighted by Gasteiger charge is 2.21. The summed E-state index contributed by atoms with van der Waals surface area (Å²) < 4.78 is 0. The minimum atomic E-state index is -1.08. The van der Waals surface area contributed by atoms with Crippen LogP contribution < -0.4 is 10.6 Å². The maximum Gasteiger partial charge on any atom is 0.328 e. The van der Waals surface area contributed by atoms with Gasteiger partial charge in [-0.05, 0) is 36.1 Å². The Labute approximate surface area is 243 Å². The Morgan fingerprint density at radius 3 is 1.38 bits per heavy atom. The van der Waals surface area contributed by atoms with Crippen molar-refractivity contribution < 1.29 is 29.4 Å². The molecule has 0 aliphatic rings. The zero-order chi connectivity index (χ0) is 29.7. The molecule has 0 radical (unpaired) electrons. The fourth-order valence-electron chi connectivity index (χ4n) is 3.64. The molecule has 2 amide bonds. The monoisotopic (exact) mass is 584 g/mol. The first-order valence-electron chi connectivity index (χ1n) is 13.0. The molecule has 0 spiro atoms. The van der Waals surface area contributed by atoms with Crippen molar-refractivity contribution in [2.45, 2.75) is 62.4 Å². The van der Waals surface area contributed by atoms with E-state index in [0.717, 1.165) is 25.0 Å². The van der Waals surface area contributed by atoms with Crippen molar-refractivity contribution in [3.63, 3.8) is 0 Å². The molecule has 10 heteroatoms. The van der Waals surface area contributed by atoms with Gasteiger partial charge in [0.25, 0.3) is 11.8 Å². The van der Waals surface area contributed by atoms with E-state index in [4.69, 9.17) is 10.2 Å². The number of hydrogen-bond donors (Lipinski definition) is 4. The van der Waals surface area contributed by atoms with Crippen LogP contribution in [0.5, 0.6) is 0 Å². The minimum absolute atomic E-state index is 0.0312. The topological polar surface area (TPSA) is 133 Å². The van der Waals surface area contributed by atoms with Gasteiger partial charge in [0.15, 0.2) is 0 Å². The molecule has 0 fully saturated rings. The SMILES string of the molecule is CC[C@H](C)[C@@H](/C=C/C(=O)O)NC(=O)c1ccccc1SSc1ccccc1C(=O)N[C@H](/C=C/C(=O)O)[C@@H](C)CC. The van der Waals surface area contributed by atoms with Gasteiger partial charge in [-0.1, -0.05) is 98.5 Å². The Hall–Kier alpha value is -3.50. The van der Waals surface area contributed by atoms with Gasteiger partial charge in [-0.2, -0.15) is 0 Å². The van der Waals surface area contributed by atoms with E-state index in [-0.39, 0.29) is 23.7 Å². The summed E-state index contributed by atoms with van der Waals surface area (Å²) in [6.45, 7) is 7.83. The normalized spacial score (nSPS) is 14.4. The van der Waals surface area contributed by atoms with Crippen LogP contribution in [0.1, 0.15) is 61.3 Å². The molecule has 0 bridgehead atoms. The number of amides is 2. The Morgan fingerprint density at radius 1 is 0.700 bits per heavy atom. The zero-order valence-corrected chi connectivity index (χ0v) is 24.6. The summed E-state index contributed by atoms with van der Waals surface area (Å²) in [6, 6.07) is 13.3. The summed E-state index contributed by atoms with van der Waals surface area (Å²) in [7, 11) is 2.67. The third-order valence-corrected chi connectivity index (χ3v) is 8.97. The van der Waals surface area contributed by atoms with E-state index >= 15 is 0 Å². The molecule has 2 rings (SSSR count).